The lowest BCUT2D eigenvalue weighted by Crippen LogP contribution is -2.31. The summed E-state index contributed by atoms with van der Waals surface area (Å²) in [6.07, 6.45) is 13.7. The number of para-hydroxylation sites is 1. The fraction of sp³-hybridized carbons (Fsp3) is 0.700. The van der Waals surface area contributed by atoms with E-state index in [9.17, 15) is 0 Å². The normalized spacial score (nSPS) is 22.3. The van der Waals surface area contributed by atoms with Crippen molar-refractivity contribution in [1.29, 1.82) is 0 Å². The van der Waals surface area contributed by atoms with Crippen molar-refractivity contribution in [3.8, 4) is 0 Å². The predicted octanol–water partition coefficient (Wildman–Crippen LogP) is 5.04. The number of piperidine rings is 1. The minimum Gasteiger partial charge on any atom is -0.371 e. The first-order chi connectivity index (χ1) is 10.8. The molecule has 0 unspecified atom stereocenters. The highest BCUT2D eigenvalue weighted by Crippen LogP contribution is 2.34. The second-order valence-electron chi connectivity index (χ2n) is 7.31. The zero-order chi connectivity index (χ0) is 15.2. The van der Waals surface area contributed by atoms with E-state index in [1.54, 1.807) is 0 Å². The molecule has 3 rings (SSSR count). The molecule has 2 fully saturated rings. The predicted molar refractivity (Wildman–Crippen MR) is 95.2 cm³/mol. The summed E-state index contributed by atoms with van der Waals surface area (Å²) in [7, 11) is 0. The first-order valence-corrected chi connectivity index (χ1v) is 9.44. The lowest BCUT2D eigenvalue weighted by Gasteiger charge is -2.32. The van der Waals surface area contributed by atoms with E-state index in [2.05, 4.69) is 29.2 Å². The summed E-state index contributed by atoms with van der Waals surface area (Å²) in [6, 6.07) is 9.10. The van der Waals surface area contributed by atoms with Crippen LogP contribution in [-0.4, -0.2) is 13.1 Å². The monoisotopic (exact) mass is 300 g/mol. The lowest BCUT2D eigenvalue weighted by molar-refractivity contribution is 0.392. The van der Waals surface area contributed by atoms with Crippen LogP contribution in [0.25, 0.3) is 0 Å². The van der Waals surface area contributed by atoms with Crippen LogP contribution in [0.3, 0.4) is 0 Å². The smallest absolute Gasteiger partial charge is 0.0414 e. The summed E-state index contributed by atoms with van der Waals surface area (Å²) < 4.78 is 0. The molecule has 1 saturated heterocycles. The van der Waals surface area contributed by atoms with Gasteiger partial charge in [0.25, 0.3) is 0 Å². The first-order valence-electron chi connectivity index (χ1n) is 9.44. The molecule has 0 bridgehead atoms. The van der Waals surface area contributed by atoms with Crippen LogP contribution in [0.2, 0.25) is 0 Å². The zero-order valence-electron chi connectivity index (χ0n) is 14.0. The van der Waals surface area contributed by atoms with Crippen LogP contribution in [0, 0.1) is 5.92 Å². The topological polar surface area (TPSA) is 29.3 Å². The maximum absolute atomic E-state index is 6.66. The third-order valence-electron chi connectivity index (χ3n) is 5.59. The Balaban J connectivity index is 1.69. The van der Waals surface area contributed by atoms with E-state index < -0.39 is 0 Å². The van der Waals surface area contributed by atoms with Crippen LogP contribution < -0.4 is 10.6 Å². The number of nitrogens with two attached hydrogens (primary N) is 1. The molecule has 1 aromatic rings. The second-order valence-corrected chi connectivity index (χ2v) is 7.31. The van der Waals surface area contributed by atoms with E-state index in [-0.39, 0.29) is 6.04 Å². The van der Waals surface area contributed by atoms with E-state index in [1.807, 2.05) is 0 Å². The maximum Gasteiger partial charge on any atom is 0.0414 e. The van der Waals surface area contributed by atoms with Gasteiger partial charge in [-0.15, -0.1) is 0 Å². The molecule has 0 aromatic heterocycles. The van der Waals surface area contributed by atoms with Gasteiger partial charge in [-0.2, -0.15) is 0 Å². The Hall–Kier alpha value is -1.02. The van der Waals surface area contributed by atoms with E-state index in [1.165, 1.54) is 88.5 Å². The Morgan fingerprint density at radius 2 is 1.55 bits per heavy atom. The highest BCUT2D eigenvalue weighted by atomic mass is 15.1. The molecule has 0 spiro atoms. The minimum absolute atomic E-state index is 0.209. The number of hydrogen-bond acceptors (Lipinski definition) is 2. The zero-order valence-corrected chi connectivity index (χ0v) is 14.0. The average molecular weight is 300 g/mol. The molecule has 1 aliphatic heterocycles. The summed E-state index contributed by atoms with van der Waals surface area (Å²) in [5, 5.41) is 0. The van der Waals surface area contributed by atoms with Crippen LogP contribution in [0.1, 0.15) is 75.8 Å². The standard InChI is InChI=1S/C20H32N2/c21-19(16-17-10-4-1-2-5-11-17)18-12-6-7-13-20(18)22-14-8-3-9-15-22/h6-7,12-13,17,19H,1-5,8-11,14-16,21H2/t19-/m0/s1. The minimum atomic E-state index is 0.209. The van der Waals surface area contributed by atoms with Crippen molar-refractivity contribution in [2.24, 2.45) is 11.7 Å². The molecule has 2 heteroatoms. The third-order valence-corrected chi connectivity index (χ3v) is 5.59. The van der Waals surface area contributed by atoms with Crippen LogP contribution in [-0.2, 0) is 0 Å². The maximum atomic E-state index is 6.66. The number of benzene rings is 1. The van der Waals surface area contributed by atoms with Gasteiger partial charge in [0.1, 0.15) is 0 Å². The van der Waals surface area contributed by atoms with Crippen LogP contribution in [0.15, 0.2) is 24.3 Å². The Labute approximate surface area is 136 Å². The van der Waals surface area contributed by atoms with Gasteiger partial charge in [0.05, 0.1) is 0 Å². The summed E-state index contributed by atoms with van der Waals surface area (Å²) in [6.45, 7) is 2.40. The molecule has 122 valence electrons. The van der Waals surface area contributed by atoms with Crippen molar-refractivity contribution in [2.75, 3.05) is 18.0 Å². The molecule has 1 atom stereocenters. The Morgan fingerprint density at radius 3 is 2.27 bits per heavy atom. The molecule has 1 saturated carbocycles. The molecule has 2 nitrogen and oxygen atoms in total. The van der Waals surface area contributed by atoms with Crippen molar-refractivity contribution < 1.29 is 0 Å². The summed E-state index contributed by atoms with van der Waals surface area (Å²) in [5.41, 5.74) is 9.45. The van der Waals surface area contributed by atoms with Gasteiger partial charge in [0.15, 0.2) is 0 Å². The Bertz CT molecular complexity index is 443. The van der Waals surface area contributed by atoms with Crippen LogP contribution >= 0.6 is 0 Å². The van der Waals surface area contributed by atoms with Gasteiger partial charge in [-0.1, -0.05) is 56.7 Å². The molecule has 22 heavy (non-hydrogen) atoms. The molecule has 2 N–H and O–H groups in total. The molecule has 0 radical (unpaired) electrons. The highest BCUT2D eigenvalue weighted by Gasteiger charge is 2.21. The van der Waals surface area contributed by atoms with Crippen molar-refractivity contribution in [3.05, 3.63) is 29.8 Å². The fourth-order valence-corrected chi connectivity index (χ4v) is 4.31. The van der Waals surface area contributed by atoms with Crippen molar-refractivity contribution in [3.63, 3.8) is 0 Å². The van der Waals surface area contributed by atoms with Gasteiger partial charge < -0.3 is 10.6 Å². The molecule has 0 amide bonds. The molecule has 2 aliphatic rings. The van der Waals surface area contributed by atoms with Crippen molar-refractivity contribution in [1.82, 2.24) is 0 Å². The fourth-order valence-electron chi connectivity index (χ4n) is 4.31. The molecular formula is C20H32N2. The van der Waals surface area contributed by atoms with Gasteiger partial charge in [-0.25, -0.2) is 0 Å². The lowest BCUT2D eigenvalue weighted by atomic mass is 9.89. The van der Waals surface area contributed by atoms with E-state index in [4.69, 9.17) is 5.73 Å². The molecule has 1 aromatic carbocycles. The Kier molecular flexibility index (Phi) is 5.77. The SMILES string of the molecule is N[C@@H](CC1CCCCCC1)c1ccccc1N1CCCCC1. The Morgan fingerprint density at radius 1 is 0.909 bits per heavy atom. The molecular weight excluding hydrogens is 268 g/mol. The highest BCUT2D eigenvalue weighted by molar-refractivity contribution is 5.55. The summed E-state index contributed by atoms with van der Waals surface area (Å²) in [4.78, 5) is 2.56. The van der Waals surface area contributed by atoms with Crippen molar-refractivity contribution in [2.45, 2.75) is 70.3 Å². The van der Waals surface area contributed by atoms with Crippen molar-refractivity contribution >= 4 is 5.69 Å². The number of rotatable bonds is 4. The largest absolute Gasteiger partial charge is 0.371 e. The number of hydrogen-bond donors (Lipinski definition) is 1. The van der Waals surface area contributed by atoms with Gasteiger partial charge in [-0.05, 0) is 43.2 Å². The number of anilines is 1. The molecule has 1 heterocycles. The van der Waals surface area contributed by atoms with Gasteiger partial charge in [0, 0.05) is 24.8 Å². The van der Waals surface area contributed by atoms with E-state index >= 15 is 0 Å². The van der Waals surface area contributed by atoms with Gasteiger partial charge in [-0.3, -0.25) is 0 Å². The van der Waals surface area contributed by atoms with Gasteiger partial charge >= 0.3 is 0 Å². The quantitative estimate of drug-likeness (QED) is 0.790. The van der Waals surface area contributed by atoms with Crippen LogP contribution in [0.4, 0.5) is 5.69 Å². The average Bonchev–Trinajstić information content (AvgIpc) is 2.84. The van der Waals surface area contributed by atoms with E-state index in [0.717, 1.165) is 5.92 Å². The third kappa shape index (κ3) is 4.04. The van der Waals surface area contributed by atoms with Gasteiger partial charge in [0.2, 0.25) is 0 Å². The van der Waals surface area contributed by atoms with E-state index in [0.29, 0.717) is 0 Å². The second kappa shape index (κ2) is 8.01. The van der Waals surface area contributed by atoms with Crippen LogP contribution in [0.5, 0.6) is 0 Å². The number of nitrogens with zero attached hydrogens (tertiary/aromatic N) is 1. The molecule has 1 aliphatic carbocycles. The summed E-state index contributed by atoms with van der Waals surface area (Å²) in [5.74, 6) is 0.840. The summed E-state index contributed by atoms with van der Waals surface area (Å²) >= 11 is 0. The first kappa shape index (κ1) is 15.9.